The smallest absolute Gasteiger partial charge is 0.319 e. The summed E-state index contributed by atoms with van der Waals surface area (Å²) in [6.07, 6.45) is 0. The zero-order chi connectivity index (χ0) is 20.5. The molecule has 0 aromatic heterocycles. The van der Waals surface area contributed by atoms with Crippen LogP contribution in [0.1, 0.15) is 10.4 Å². The molecule has 0 saturated carbocycles. The quantitative estimate of drug-likeness (QED) is 0.524. The zero-order valence-electron chi connectivity index (χ0n) is 15.5. The molecule has 29 heavy (non-hydrogen) atoms. The summed E-state index contributed by atoms with van der Waals surface area (Å²) in [5.74, 6) is -0.117. The van der Waals surface area contributed by atoms with Crippen LogP contribution in [-0.4, -0.2) is 25.1 Å². The number of halogens is 1. The number of ether oxygens (including phenoxy) is 1. The van der Waals surface area contributed by atoms with Gasteiger partial charge in [-0.15, -0.1) is 0 Å². The Morgan fingerprint density at radius 2 is 1.55 bits per heavy atom. The molecule has 6 nitrogen and oxygen atoms in total. The molecule has 0 fully saturated rings. The highest BCUT2D eigenvalue weighted by atomic mass is 19.1. The third kappa shape index (κ3) is 6.35. The molecule has 0 spiro atoms. The Balaban J connectivity index is 1.48. The number of nitrogens with one attached hydrogen (secondary N) is 3. The summed E-state index contributed by atoms with van der Waals surface area (Å²) in [4.78, 5) is 24.3. The maximum absolute atomic E-state index is 13.2. The van der Waals surface area contributed by atoms with Gasteiger partial charge in [0.1, 0.15) is 18.2 Å². The summed E-state index contributed by atoms with van der Waals surface area (Å²) >= 11 is 0. The van der Waals surface area contributed by atoms with E-state index < -0.39 is 17.8 Å². The van der Waals surface area contributed by atoms with Gasteiger partial charge in [-0.1, -0.05) is 30.3 Å². The van der Waals surface area contributed by atoms with Gasteiger partial charge in [-0.25, -0.2) is 9.18 Å². The predicted octanol–water partition coefficient (Wildman–Crippen LogP) is 4.28. The van der Waals surface area contributed by atoms with E-state index in [-0.39, 0.29) is 0 Å². The van der Waals surface area contributed by atoms with Gasteiger partial charge in [0.15, 0.2) is 0 Å². The zero-order valence-corrected chi connectivity index (χ0v) is 15.5. The van der Waals surface area contributed by atoms with Crippen molar-refractivity contribution in [3.8, 4) is 5.75 Å². The lowest BCUT2D eigenvalue weighted by Gasteiger charge is -2.10. The lowest BCUT2D eigenvalue weighted by atomic mass is 10.2. The number of carbonyl (C=O) groups is 2. The molecule has 3 N–H and O–H groups in total. The molecule has 0 atom stereocenters. The molecule has 0 bridgehead atoms. The van der Waals surface area contributed by atoms with Gasteiger partial charge < -0.3 is 20.7 Å². The lowest BCUT2D eigenvalue weighted by Crippen LogP contribution is -2.32. The number of hydrogen-bond donors (Lipinski definition) is 3. The first-order valence-electron chi connectivity index (χ1n) is 9.00. The number of amides is 3. The SMILES string of the molecule is O=C(NCCOc1ccccc1)Nc1cccc(C(=O)Nc2cccc(F)c2)c1. The molecule has 148 valence electrons. The summed E-state index contributed by atoms with van der Waals surface area (Å²) < 4.78 is 18.7. The third-order valence-corrected chi connectivity index (χ3v) is 3.86. The van der Waals surface area contributed by atoms with Crippen LogP contribution < -0.4 is 20.7 Å². The monoisotopic (exact) mass is 393 g/mol. The number of benzene rings is 3. The lowest BCUT2D eigenvalue weighted by molar-refractivity contribution is 0.102. The van der Waals surface area contributed by atoms with Crippen LogP contribution in [0.3, 0.4) is 0 Å². The van der Waals surface area contributed by atoms with E-state index in [0.29, 0.717) is 30.1 Å². The van der Waals surface area contributed by atoms with Crippen molar-refractivity contribution in [3.05, 3.63) is 90.2 Å². The van der Waals surface area contributed by atoms with Crippen molar-refractivity contribution in [2.45, 2.75) is 0 Å². The van der Waals surface area contributed by atoms with Crippen LogP contribution in [0.15, 0.2) is 78.9 Å². The van der Waals surface area contributed by atoms with Crippen LogP contribution in [0.5, 0.6) is 5.75 Å². The van der Waals surface area contributed by atoms with Crippen LogP contribution in [0.4, 0.5) is 20.6 Å². The molecule has 0 radical (unpaired) electrons. The molecule has 0 aliphatic heterocycles. The highest BCUT2D eigenvalue weighted by Crippen LogP contribution is 2.14. The summed E-state index contributed by atoms with van der Waals surface area (Å²) in [5.41, 5.74) is 1.14. The predicted molar refractivity (Wildman–Crippen MR) is 110 cm³/mol. The summed E-state index contributed by atoms with van der Waals surface area (Å²) in [6, 6.07) is 21.0. The summed E-state index contributed by atoms with van der Waals surface area (Å²) in [5, 5.41) is 7.96. The fourth-order valence-electron chi connectivity index (χ4n) is 2.53. The molecule has 7 heteroatoms. The number of carbonyl (C=O) groups excluding carboxylic acids is 2. The maximum Gasteiger partial charge on any atom is 0.319 e. The minimum Gasteiger partial charge on any atom is -0.492 e. The second kappa shape index (κ2) is 9.89. The van der Waals surface area contributed by atoms with E-state index in [4.69, 9.17) is 4.74 Å². The van der Waals surface area contributed by atoms with Gasteiger partial charge in [0.05, 0.1) is 6.54 Å². The highest BCUT2D eigenvalue weighted by Gasteiger charge is 2.09. The average Bonchev–Trinajstić information content (AvgIpc) is 2.72. The van der Waals surface area contributed by atoms with E-state index in [1.54, 1.807) is 24.3 Å². The van der Waals surface area contributed by atoms with E-state index in [9.17, 15) is 14.0 Å². The first-order valence-corrected chi connectivity index (χ1v) is 9.00. The standard InChI is InChI=1S/C22H20FN3O3/c23-17-7-5-9-19(15-17)25-21(27)16-6-4-8-18(14-16)26-22(28)24-12-13-29-20-10-2-1-3-11-20/h1-11,14-15H,12-13H2,(H,25,27)(H2,24,26,28). The number of urea groups is 1. The van der Waals surface area contributed by atoms with Crippen LogP contribution in [-0.2, 0) is 0 Å². The minimum atomic E-state index is -0.439. The maximum atomic E-state index is 13.2. The van der Waals surface area contributed by atoms with Crippen LogP contribution in [0, 0.1) is 5.82 Å². The van der Waals surface area contributed by atoms with Crippen LogP contribution in [0.2, 0.25) is 0 Å². The largest absolute Gasteiger partial charge is 0.492 e. The number of rotatable bonds is 7. The average molecular weight is 393 g/mol. The first-order chi connectivity index (χ1) is 14.1. The minimum absolute atomic E-state index is 0.320. The van der Waals surface area contributed by atoms with E-state index in [1.165, 1.54) is 24.3 Å². The molecule has 0 heterocycles. The van der Waals surface area contributed by atoms with Gasteiger partial charge in [0.25, 0.3) is 5.91 Å². The molecule has 3 amide bonds. The normalized spacial score (nSPS) is 10.1. The Morgan fingerprint density at radius 1 is 0.828 bits per heavy atom. The van der Waals surface area contributed by atoms with Crippen molar-refractivity contribution in [1.29, 1.82) is 0 Å². The number of para-hydroxylation sites is 1. The van der Waals surface area contributed by atoms with Gasteiger partial charge in [0, 0.05) is 16.9 Å². The van der Waals surface area contributed by atoms with Crippen molar-refractivity contribution in [3.63, 3.8) is 0 Å². The molecule has 0 aliphatic carbocycles. The molecule has 3 rings (SSSR count). The molecular weight excluding hydrogens is 373 g/mol. The molecule has 0 unspecified atom stereocenters. The summed E-state index contributed by atoms with van der Waals surface area (Å²) in [6.45, 7) is 0.647. The van der Waals surface area contributed by atoms with Gasteiger partial charge in [-0.2, -0.15) is 0 Å². The van der Waals surface area contributed by atoms with Gasteiger partial charge in [-0.3, -0.25) is 4.79 Å². The molecular formula is C22H20FN3O3. The Labute approximate surface area is 167 Å². The first kappa shape index (κ1) is 19.9. The Kier molecular flexibility index (Phi) is 6.78. The van der Waals surface area contributed by atoms with Gasteiger partial charge in [0.2, 0.25) is 0 Å². The Bertz CT molecular complexity index is 980. The second-order valence-electron chi connectivity index (χ2n) is 6.09. The highest BCUT2D eigenvalue weighted by molar-refractivity contribution is 6.05. The molecule has 0 aliphatic rings. The van der Waals surface area contributed by atoms with Crippen molar-refractivity contribution in [2.75, 3.05) is 23.8 Å². The Hall–Kier alpha value is -3.87. The topological polar surface area (TPSA) is 79.5 Å². The van der Waals surface area contributed by atoms with Crippen molar-refractivity contribution in [2.24, 2.45) is 0 Å². The summed E-state index contributed by atoms with van der Waals surface area (Å²) in [7, 11) is 0. The number of anilines is 2. The van der Waals surface area contributed by atoms with E-state index in [1.807, 2.05) is 30.3 Å². The van der Waals surface area contributed by atoms with E-state index in [0.717, 1.165) is 5.75 Å². The molecule has 3 aromatic carbocycles. The van der Waals surface area contributed by atoms with E-state index >= 15 is 0 Å². The Morgan fingerprint density at radius 3 is 2.31 bits per heavy atom. The molecule has 3 aromatic rings. The van der Waals surface area contributed by atoms with Crippen LogP contribution in [0.25, 0.3) is 0 Å². The fourth-order valence-corrected chi connectivity index (χ4v) is 2.53. The van der Waals surface area contributed by atoms with Gasteiger partial charge in [-0.05, 0) is 48.5 Å². The third-order valence-electron chi connectivity index (χ3n) is 3.86. The van der Waals surface area contributed by atoms with Crippen LogP contribution >= 0.6 is 0 Å². The van der Waals surface area contributed by atoms with Crippen molar-refractivity contribution in [1.82, 2.24) is 5.32 Å². The van der Waals surface area contributed by atoms with E-state index in [2.05, 4.69) is 16.0 Å². The van der Waals surface area contributed by atoms with Gasteiger partial charge >= 0.3 is 6.03 Å². The van der Waals surface area contributed by atoms with Crippen molar-refractivity contribution >= 4 is 23.3 Å². The van der Waals surface area contributed by atoms with Crippen molar-refractivity contribution < 1.29 is 18.7 Å². The molecule has 0 saturated heterocycles. The fraction of sp³-hybridized carbons (Fsp3) is 0.0909. The number of hydrogen-bond acceptors (Lipinski definition) is 3. The second-order valence-corrected chi connectivity index (χ2v) is 6.09.